The Kier molecular flexibility index (Phi) is 7.42. The second-order valence-corrected chi connectivity index (χ2v) is 11.4. The van der Waals surface area contributed by atoms with Gasteiger partial charge in [-0.3, -0.25) is 10.1 Å². The second kappa shape index (κ2) is 10.5. The van der Waals surface area contributed by atoms with Crippen LogP contribution in [0.1, 0.15) is 29.7 Å². The molecule has 0 spiro atoms. The Hall–Kier alpha value is -3.69. The zero-order chi connectivity index (χ0) is 25.9. The van der Waals surface area contributed by atoms with E-state index in [1.165, 1.54) is 23.5 Å². The van der Waals surface area contributed by atoms with Crippen LogP contribution < -0.4 is 14.8 Å². The van der Waals surface area contributed by atoms with Crippen molar-refractivity contribution >= 4 is 48.5 Å². The molecule has 1 heterocycles. The first-order valence-corrected chi connectivity index (χ1v) is 13.7. The number of nitrogens with one attached hydrogen (secondary N) is 1. The quantitative estimate of drug-likeness (QED) is 0.298. The first-order chi connectivity index (χ1) is 17.2. The zero-order valence-corrected chi connectivity index (χ0v) is 21.8. The first kappa shape index (κ1) is 25.4. The van der Waals surface area contributed by atoms with Gasteiger partial charge in [0.1, 0.15) is 11.5 Å². The number of ether oxygens (including phenoxy) is 2. The minimum Gasteiger partial charge on any atom is -0.496 e. The fourth-order valence-corrected chi connectivity index (χ4v) is 5.38. The summed E-state index contributed by atoms with van der Waals surface area (Å²) in [5.74, 6) is 0.784. The third-order valence-electron chi connectivity index (χ3n) is 5.67. The molecule has 4 aromatic rings. The predicted octanol–water partition coefficient (Wildman–Crippen LogP) is 5.81. The number of amides is 1. The van der Waals surface area contributed by atoms with E-state index in [0.717, 1.165) is 27.1 Å². The minimum atomic E-state index is -3.37. The molecule has 186 valence electrons. The predicted molar refractivity (Wildman–Crippen MR) is 144 cm³/mol. The van der Waals surface area contributed by atoms with E-state index < -0.39 is 21.8 Å². The van der Waals surface area contributed by atoms with E-state index in [0.29, 0.717) is 16.4 Å². The molecule has 1 unspecified atom stereocenters. The Balaban J connectivity index is 1.65. The summed E-state index contributed by atoms with van der Waals surface area (Å²) in [6, 6.07) is 17.1. The average Bonchev–Trinajstić information content (AvgIpc) is 3.27. The number of hydrogen-bond acceptors (Lipinski definition) is 7. The number of benzene rings is 3. The third kappa shape index (κ3) is 5.42. The van der Waals surface area contributed by atoms with Crippen molar-refractivity contribution in [3.8, 4) is 11.5 Å². The molecular formula is C27H26N2O5S2. The van der Waals surface area contributed by atoms with Crippen LogP contribution in [0.2, 0.25) is 0 Å². The molecule has 0 aliphatic heterocycles. The summed E-state index contributed by atoms with van der Waals surface area (Å²) < 4.78 is 36.8. The highest BCUT2D eigenvalue weighted by molar-refractivity contribution is 7.91. The number of hydrogen-bond donors (Lipinski definition) is 1. The Morgan fingerprint density at radius 1 is 1.14 bits per heavy atom. The fourth-order valence-electron chi connectivity index (χ4n) is 3.61. The van der Waals surface area contributed by atoms with Crippen molar-refractivity contribution in [3.63, 3.8) is 0 Å². The van der Waals surface area contributed by atoms with Crippen LogP contribution in [0, 0.1) is 6.92 Å². The molecular weight excluding hydrogens is 496 g/mol. The molecule has 1 N–H and O–H groups in total. The largest absolute Gasteiger partial charge is 0.496 e. The van der Waals surface area contributed by atoms with E-state index in [1.807, 2.05) is 31.2 Å². The van der Waals surface area contributed by atoms with Gasteiger partial charge in [0.05, 0.1) is 28.0 Å². The molecule has 0 aliphatic carbocycles. The summed E-state index contributed by atoms with van der Waals surface area (Å²) in [7, 11) is -1.76. The van der Waals surface area contributed by atoms with Crippen LogP contribution in [0.5, 0.6) is 11.5 Å². The van der Waals surface area contributed by atoms with Crippen LogP contribution in [0.3, 0.4) is 0 Å². The number of sulfone groups is 1. The summed E-state index contributed by atoms with van der Waals surface area (Å²) in [5.41, 5.74) is 3.12. The Morgan fingerprint density at radius 2 is 1.83 bits per heavy atom. The van der Waals surface area contributed by atoms with Gasteiger partial charge in [0.2, 0.25) is 6.10 Å². The number of fused-ring (bicyclic) bond motifs is 1. The number of anilines is 1. The lowest BCUT2D eigenvalue weighted by Gasteiger charge is -2.19. The van der Waals surface area contributed by atoms with Gasteiger partial charge in [-0.05, 0) is 54.4 Å². The van der Waals surface area contributed by atoms with Crippen LogP contribution in [-0.4, -0.2) is 32.2 Å². The van der Waals surface area contributed by atoms with E-state index in [1.54, 1.807) is 44.4 Å². The smallest absolute Gasteiger partial charge is 0.271 e. The number of nitrogens with zero attached hydrogens (tertiary/aromatic N) is 1. The summed E-state index contributed by atoms with van der Waals surface area (Å²) in [6.07, 6.45) is 0.672. The molecule has 3 aromatic carbocycles. The molecule has 4 rings (SSSR count). The van der Waals surface area contributed by atoms with Gasteiger partial charge in [0, 0.05) is 5.56 Å². The van der Waals surface area contributed by atoms with Crippen molar-refractivity contribution in [2.24, 2.45) is 0 Å². The molecule has 1 atom stereocenters. The highest BCUT2D eigenvalue weighted by Gasteiger charge is 2.25. The molecule has 1 amide bonds. The number of aryl methyl sites for hydroxylation is 1. The Bertz CT molecular complexity index is 1510. The van der Waals surface area contributed by atoms with Crippen LogP contribution >= 0.6 is 11.3 Å². The maximum atomic E-state index is 13.4. The van der Waals surface area contributed by atoms with Crippen LogP contribution in [0.4, 0.5) is 5.13 Å². The highest BCUT2D eigenvalue weighted by Crippen LogP contribution is 2.33. The van der Waals surface area contributed by atoms with Crippen LogP contribution in [0.15, 0.2) is 72.1 Å². The van der Waals surface area contributed by atoms with Crippen LogP contribution in [-0.2, 0) is 14.6 Å². The van der Waals surface area contributed by atoms with Gasteiger partial charge >= 0.3 is 0 Å². The summed E-state index contributed by atoms with van der Waals surface area (Å²) in [4.78, 5) is 18.1. The van der Waals surface area contributed by atoms with E-state index in [4.69, 9.17) is 9.47 Å². The van der Waals surface area contributed by atoms with Crippen molar-refractivity contribution in [3.05, 3.63) is 83.9 Å². The Morgan fingerprint density at radius 3 is 2.44 bits per heavy atom. The number of aromatic nitrogens is 1. The lowest BCUT2D eigenvalue weighted by atomic mass is 10.1. The van der Waals surface area contributed by atoms with Gasteiger partial charge in [-0.1, -0.05) is 55.2 Å². The fraction of sp³-hybridized carbons (Fsp3) is 0.185. The van der Waals surface area contributed by atoms with Crippen molar-refractivity contribution < 1.29 is 22.7 Å². The molecule has 36 heavy (non-hydrogen) atoms. The van der Waals surface area contributed by atoms with Gasteiger partial charge in [0.15, 0.2) is 15.0 Å². The average molecular weight is 523 g/mol. The van der Waals surface area contributed by atoms with Crippen LogP contribution in [0.25, 0.3) is 16.3 Å². The summed E-state index contributed by atoms with van der Waals surface area (Å²) in [5, 5.41) is 3.27. The van der Waals surface area contributed by atoms with Gasteiger partial charge in [-0.2, -0.15) is 0 Å². The van der Waals surface area contributed by atoms with Crippen molar-refractivity contribution in [2.75, 3.05) is 18.2 Å². The van der Waals surface area contributed by atoms with Crippen molar-refractivity contribution in [2.45, 2.75) is 24.8 Å². The number of thiazole rings is 1. The number of carbonyl (C=O) groups excluding carboxylic acids is 1. The lowest BCUT2D eigenvalue weighted by molar-refractivity contribution is -0.123. The van der Waals surface area contributed by atoms with E-state index in [2.05, 4.69) is 16.9 Å². The maximum absolute atomic E-state index is 13.4. The number of methoxy groups -OCH3 is 1. The molecule has 0 saturated heterocycles. The standard InChI is InChI=1S/C27H26N2O5S2/c1-5-18-7-11-20(12-8-18)34-25(19-9-13-21(14-10-19)36(31,32)6-2)26(30)29-27-28-22-15-17(3)23(33-4)16-24(22)35-27/h5,7-16,25H,1,6H2,2-4H3,(H,28,29,30). The van der Waals surface area contributed by atoms with Crippen molar-refractivity contribution in [1.29, 1.82) is 0 Å². The molecule has 0 radical (unpaired) electrons. The Labute approximate surface area is 214 Å². The van der Waals surface area contributed by atoms with E-state index in [-0.39, 0.29) is 10.6 Å². The topological polar surface area (TPSA) is 94.6 Å². The normalized spacial score (nSPS) is 12.2. The van der Waals surface area contributed by atoms with Gasteiger partial charge in [0.25, 0.3) is 5.91 Å². The minimum absolute atomic E-state index is 0.00964. The van der Waals surface area contributed by atoms with E-state index in [9.17, 15) is 13.2 Å². The van der Waals surface area contributed by atoms with Gasteiger partial charge < -0.3 is 9.47 Å². The van der Waals surface area contributed by atoms with Gasteiger partial charge in [-0.15, -0.1) is 0 Å². The molecule has 7 nitrogen and oxygen atoms in total. The third-order valence-corrected chi connectivity index (χ3v) is 8.35. The molecule has 0 saturated carbocycles. The summed E-state index contributed by atoms with van der Waals surface area (Å²) >= 11 is 1.33. The maximum Gasteiger partial charge on any atom is 0.271 e. The summed E-state index contributed by atoms with van der Waals surface area (Å²) in [6.45, 7) is 7.26. The molecule has 9 heteroatoms. The number of rotatable bonds is 9. The molecule has 0 bridgehead atoms. The zero-order valence-electron chi connectivity index (χ0n) is 20.1. The molecule has 0 fully saturated rings. The monoisotopic (exact) mass is 522 g/mol. The van der Waals surface area contributed by atoms with Gasteiger partial charge in [-0.25, -0.2) is 13.4 Å². The van der Waals surface area contributed by atoms with Crippen molar-refractivity contribution in [1.82, 2.24) is 4.98 Å². The van der Waals surface area contributed by atoms with E-state index >= 15 is 0 Å². The molecule has 0 aliphatic rings. The second-order valence-electron chi connectivity index (χ2n) is 8.04. The molecule has 1 aromatic heterocycles. The number of carbonyl (C=O) groups is 1. The lowest BCUT2D eigenvalue weighted by Crippen LogP contribution is -2.25. The first-order valence-electron chi connectivity index (χ1n) is 11.2. The SMILES string of the molecule is C=Cc1ccc(OC(C(=O)Nc2nc3cc(C)c(OC)cc3s2)c2ccc(S(=O)(=O)CC)cc2)cc1. The highest BCUT2D eigenvalue weighted by atomic mass is 32.2.